The third kappa shape index (κ3) is 4.06. The van der Waals surface area contributed by atoms with Crippen LogP contribution < -0.4 is 4.74 Å². The van der Waals surface area contributed by atoms with Gasteiger partial charge in [0.15, 0.2) is 11.6 Å². The first kappa shape index (κ1) is 17.2. The fraction of sp³-hybridized carbons (Fsp3) is 0.222. The highest BCUT2D eigenvalue weighted by atomic mass is 32.2. The molecule has 3 rings (SSSR count). The predicted molar refractivity (Wildman–Crippen MR) is 96.9 cm³/mol. The Labute approximate surface area is 150 Å². The predicted octanol–water partition coefficient (Wildman–Crippen LogP) is 3.63. The largest absolute Gasteiger partial charge is 0.497 e. The first-order valence-corrected chi connectivity index (χ1v) is 8.78. The van der Waals surface area contributed by atoms with Crippen molar-refractivity contribution in [2.75, 3.05) is 7.11 Å². The zero-order valence-electron chi connectivity index (χ0n) is 14.0. The number of benzene rings is 1. The Morgan fingerprint density at radius 1 is 1.24 bits per heavy atom. The lowest BCUT2D eigenvalue weighted by molar-refractivity contribution is 0.0988. The molecule has 0 saturated heterocycles. The molecule has 1 atom stereocenters. The van der Waals surface area contributed by atoms with Gasteiger partial charge in [-0.25, -0.2) is 0 Å². The molecule has 0 fully saturated rings. The lowest BCUT2D eigenvalue weighted by Crippen LogP contribution is -2.16. The lowest BCUT2D eigenvalue weighted by atomic mass is 10.1. The van der Waals surface area contributed by atoms with Crippen LogP contribution in [0.4, 0.5) is 0 Å². The summed E-state index contributed by atoms with van der Waals surface area (Å²) < 4.78 is 5.13. The van der Waals surface area contributed by atoms with E-state index in [1.165, 1.54) is 11.8 Å². The van der Waals surface area contributed by atoms with E-state index in [0.29, 0.717) is 23.0 Å². The molecule has 1 aromatic carbocycles. The van der Waals surface area contributed by atoms with Gasteiger partial charge in [0, 0.05) is 11.8 Å². The molecule has 2 heterocycles. The summed E-state index contributed by atoms with van der Waals surface area (Å²) in [5.41, 5.74) is 1.37. The van der Waals surface area contributed by atoms with Crippen LogP contribution in [0, 0.1) is 0 Å². The van der Waals surface area contributed by atoms with Crippen LogP contribution in [-0.2, 0) is 0 Å². The number of aromatic amines is 1. The minimum Gasteiger partial charge on any atom is -0.497 e. The van der Waals surface area contributed by atoms with E-state index in [9.17, 15) is 4.79 Å². The number of Topliss-reactive ketones (excluding diaryl/α,β-unsaturated/α-hetero) is 1. The zero-order chi connectivity index (χ0) is 17.6. The maximum atomic E-state index is 12.7. The number of carbonyl (C=O) groups excluding carboxylic acids is 1. The highest BCUT2D eigenvalue weighted by Gasteiger charge is 2.22. The van der Waals surface area contributed by atoms with E-state index >= 15 is 0 Å². The van der Waals surface area contributed by atoms with Gasteiger partial charge in [0.1, 0.15) is 11.4 Å². The van der Waals surface area contributed by atoms with Crippen molar-refractivity contribution in [3.8, 4) is 17.3 Å². The summed E-state index contributed by atoms with van der Waals surface area (Å²) in [5.74, 6) is 1.38. The number of methoxy groups -OCH3 is 1. The highest BCUT2D eigenvalue weighted by molar-refractivity contribution is 8.00. The lowest BCUT2D eigenvalue weighted by Gasteiger charge is -2.11. The summed E-state index contributed by atoms with van der Waals surface area (Å²) in [5, 5.41) is 7.36. The van der Waals surface area contributed by atoms with Gasteiger partial charge in [-0.1, -0.05) is 24.8 Å². The molecule has 3 aromatic rings. The number of ketones is 1. The molecule has 1 N–H and O–H groups in total. The van der Waals surface area contributed by atoms with Crippen LogP contribution in [-0.4, -0.2) is 38.3 Å². The van der Waals surface area contributed by atoms with Crippen LogP contribution in [0.1, 0.15) is 23.7 Å². The molecule has 7 heteroatoms. The Kier molecular flexibility index (Phi) is 5.45. The van der Waals surface area contributed by atoms with E-state index in [0.717, 1.165) is 11.4 Å². The van der Waals surface area contributed by atoms with Crippen LogP contribution in [0.3, 0.4) is 0 Å². The van der Waals surface area contributed by atoms with Gasteiger partial charge in [0.2, 0.25) is 5.16 Å². The van der Waals surface area contributed by atoms with E-state index in [4.69, 9.17) is 4.74 Å². The van der Waals surface area contributed by atoms with Crippen molar-refractivity contribution in [1.82, 2.24) is 20.2 Å². The second-order valence-corrected chi connectivity index (χ2v) is 6.46. The molecule has 0 bridgehead atoms. The number of hydrogen-bond acceptors (Lipinski definition) is 6. The van der Waals surface area contributed by atoms with E-state index in [1.54, 1.807) is 37.6 Å². The summed E-state index contributed by atoms with van der Waals surface area (Å²) in [6, 6.07) is 12.7. The maximum Gasteiger partial charge on any atom is 0.209 e. The minimum absolute atomic E-state index is 0.0549. The van der Waals surface area contributed by atoms with E-state index < -0.39 is 0 Å². The molecule has 2 aromatic heterocycles. The van der Waals surface area contributed by atoms with Crippen molar-refractivity contribution in [2.24, 2.45) is 0 Å². The third-order valence-electron chi connectivity index (χ3n) is 3.66. The summed E-state index contributed by atoms with van der Waals surface area (Å²) in [6.45, 7) is 1.98. The number of aromatic nitrogens is 4. The van der Waals surface area contributed by atoms with Gasteiger partial charge in [-0.2, -0.15) is 4.98 Å². The van der Waals surface area contributed by atoms with Crippen LogP contribution in [0.5, 0.6) is 5.75 Å². The first-order chi connectivity index (χ1) is 12.2. The smallest absolute Gasteiger partial charge is 0.209 e. The molecule has 128 valence electrons. The van der Waals surface area contributed by atoms with Crippen LogP contribution in [0.25, 0.3) is 11.5 Å². The van der Waals surface area contributed by atoms with E-state index in [1.807, 2.05) is 25.1 Å². The standard InChI is InChI=1S/C18H18N4O2S/c1-3-15(16(23)12-7-9-13(24-2)10-8-12)25-18-20-17(21-22-18)14-6-4-5-11-19-14/h4-11,15H,3H2,1-2H3,(H,20,21,22). The molecule has 6 nitrogen and oxygen atoms in total. The minimum atomic E-state index is -0.249. The Morgan fingerprint density at radius 3 is 2.68 bits per heavy atom. The van der Waals surface area contributed by atoms with Gasteiger partial charge < -0.3 is 4.74 Å². The second-order valence-electron chi connectivity index (χ2n) is 5.29. The molecule has 0 aliphatic carbocycles. The first-order valence-electron chi connectivity index (χ1n) is 7.90. The summed E-state index contributed by atoms with van der Waals surface area (Å²) in [4.78, 5) is 21.4. The number of hydrogen-bond donors (Lipinski definition) is 1. The zero-order valence-corrected chi connectivity index (χ0v) is 14.8. The molecule has 0 aliphatic heterocycles. The van der Waals surface area contributed by atoms with Gasteiger partial charge in [-0.05, 0) is 42.8 Å². The maximum absolute atomic E-state index is 12.7. The molecule has 0 radical (unpaired) electrons. The van der Waals surface area contributed by atoms with Crippen LogP contribution in [0.15, 0.2) is 53.8 Å². The molecular weight excluding hydrogens is 336 g/mol. The fourth-order valence-corrected chi connectivity index (χ4v) is 3.21. The average Bonchev–Trinajstić information content (AvgIpc) is 3.15. The summed E-state index contributed by atoms with van der Waals surface area (Å²) >= 11 is 1.36. The summed E-state index contributed by atoms with van der Waals surface area (Å²) in [6.07, 6.45) is 2.38. The number of pyridine rings is 1. The molecule has 0 spiro atoms. The highest BCUT2D eigenvalue weighted by Crippen LogP contribution is 2.27. The Bertz CT molecular complexity index is 834. The topological polar surface area (TPSA) is 80.8 Å². The average molecular weight is 354 g/mol. The number of thioether (sulfide) groups is 1. The normalized spacial score (nSPS) is 11.9. The van der Waals surface area contributed by atoms with Crippen molar-refractivity contribution in [3.63, 3.8) is 0 Å². The third-order valence-corrected chi connectivity index (χ3v) is 4.88. The Hall–Kier alpha value is -2.67. The number of nitrogens with one attached hydrogen (secondary N) is 1. The Balaban J connectivity index is 1.73. The van der Waals surface area contributed by atoms with E-state index in [2.05, 4.69) is 20.2 Å². The number of ether oxygens (including phenoxy) is 1. The molecular formula is C18H18N4O2S. The fourth-order valence-electron chi connectivity index (χ4n) is 2.31. The molecule has 0 aliphatic rings. The van der Waals surface area contributed by atoms with Gasteiger partial charge in [-0.15, -0.1) is 5.10 Å². The molecule has 25 heavy (non-hydrogen) atoms. The van der Waals surface area contributed by atoms with Crippen molar-refractivity contribution >= 4 is 17.5 Å². The SMILES string of the molecule is CCC(Sc1n[nH]c(-c2ccccn2)n1)C(=O)c1ccc(OC)cc1. The Morgan fingerprint density at radius 2 is 2.04 bits per heavy atom. The van der Waals surface area contributed by atoms with Crippen LogP contribution in [0.2, 0.25) is 0 Å². The quantitative estimate of drug-likeness (QED) is 0.515. The van der Waals surface area contributed by atoms with Gasteiger partial charge in [0.25, 0.3) is 0 Å². The number of rotatable bonds is 7. The van der Waals surface area contributed by atoms with Gasteiger partial charge >= 0.3 is 0 Å². The number of H-pyrrole nitrogens is 1. The number of nitrogens with zero attached hydrogens (tertiary/aromatic N) is 3. The van der Waals surface area contributed by atoms with E-state index in [-0.39, 0.29) is 11.0 Å². The molecule has 1 unspecified atom stereocenters. The molecule has 0 amide bonds. The molecule has 0 saturated carbocycles. The summed E-state index contributed by atoms with van der Waals surface area (Å²) in [7, 11) is 1.60. The van der Waals surface area contributed by atoms with Gasteiger partial charge in [0.05, 0.1) is 12.4 Å². The monoisotopic (exact) mass is 354 g/mol. The van der Waals surface area contributed by atoms with Crippen molar-refractivity contribution in [1.29, 1.82) is 0 Å². The van der Waals surface area contributed by atoms with Crippen LogP contribution >= 0.6 is 11.8 Å². The van der Waals surface area contributed by atoms with Crippen molar-refractivity contribution < 1.29 is 9.53 Å². The number of carbonyl (C=O) groups is 1. The van der Waals surface area contributed by atoms with Crippen molar-refractivity contribution in [3.05, 3.63) is 54.2 Å². The van der Waals surface area contributed by atoms with Crippen molar-refractivity contribution in [2.45, 2.75) is 23.8 Å². The van der Waals surface area contributed by atoms with Gasteiger partial charge in [-0.3, -0.25) is 14.9 Å². The second kappa shape index (κ2) is 7.94.